The van der Waals surface area contributed by atoms with Gasteiger partial charge in [-0.25, -0.2) is 9.78 Å². The summed E-state index contributed by atoms with van der Waals surface area (Å²) in [5, 5.41) is 0. The van der Waals surface area contributed by atoms with E-state index in [-0.39, 0.29) is 11.2 Å². The van der Waals surface area contributed by atoms with E-state index in [1.54, 1.807) is 7.05 Å². The van der Waals surface area contributed by atoms with E-state index in [9.17, 15) is 9.59 Å². The first kappa shape index (κ1) is 19.1. The van der Waals surface area contributed by atoms with Gasteiger partial charge >= 0.3 is 5.69 Å². The van der Waals surface area contributed by atoms with Crippen molar-refractivity contribution in [1.82, 2.24) is 18.7 Å². The molecule has 3 aromatic rings. The maximum atomic E-state index is 12.8. The molecule has 0 fully saturated rings. The Hall–Kier alpha value is -2.67. The van der Waals surface area contributed by atoms with Crippen LogP contribution < -0.4 is 11.2 Å². The van der Waals surface area contributed by atoms with Crippen molar-refractivity contribution < 1.29 is 4.74 Å². The van der Waals surface area contributed by atoms with Crippen LogP contribution in [0.5, 0.6) is 0 Å². The number of nitrogens with zero attached hydrogens (tertiary/aromatic N) is 4. The average molecular weight is 370 g/mol. The van der Waals surface area contributed by atoms with Crippen molar-refractivity contribution in [3.8, 4) is 0 Å². The van der Waals surface area contributed by atoms with Gasteiger partial charge in [0.2, 0.25) is 0 Å². The first-order chi connectivity index (χ1) is 12.9. The molecule has 0 aliphatic carbocycles. The molecule has 27 heavy (non-hydrogen) atoms. The van der Waals surface area contributed by atoms with Crippen LogP contribution in [0.15, 0.2) is 33.9 Å². The second-order valence-corrected chi connectivity index (χ2v) is 6.78. The van der Waals surface area contributed by atoms with Gasteiger partial charge in [0.1, 0.15) is 5.82 Å². The van der Waals surface area contributed by atoms with Crippen LogP contribution >= 0.6 is 0 Å². The summed E-state index contributed by atoms with van der Waals surface area (Å²) in [5.74, 6) is 0.796. The van der Waals surface area contributed by atoms with Crippen molar-refractivity contribution in [1.29, 1.82) is 0 Å². The quantitative estimate of drug-likeness (QED) is 0.594. The lowest BCUT2D eigenvalue weighted by molar-refractivity contribution is 0.144. The van der Waals surface area contributed by atoms with Gasteiger partial charge in [0.15, 0.2) is 11.2 Å². The molecule has 0 saturated heterocycles. The molecule has 7 nitrogen and oxygen atoms in total. The molecule has 0 aliphatic heterocycles. The van der Waals surface area contributed by atoms with E-state index >= 15 is 0 Å². The molecule has 0 N–H and O–H groups in total. The number of ether oxygens (including phenoxy) is 1. The minimum atomic E-state index is -0.367. The highest BCUT2D eigenvalue weighted by Crippen LogP contribution is 2.16. The predicted octanol–water partition coefficient (Wildman–Crippen LogP) is 1.76. The Bertz CT molecular complexity index is 1080. The minimum absolute atomic E-state index is 0.315. The van der Waals surface area contributed by atoms with Crippen molar-refractivity contribution in [3.05, 3.63) is 62.1 Å². The van der Waals surface area contributed by atoms with Gasteiger partial charge < -0.3 is 9.30 Å². The highest BCUT2D eigenvalue weighted by Gasteiger charge is 2.19. The average Bonchev–Trinajstić information content (AvgIpc) is 3.00. The van der Waals surface area contributed by atoms with Crippen molar-refractivity contribution in [2.24, 2.45) is 14.1 Å². The molecule has 0 aliphatic rings. The number of aryl methyl sites for hydroxylation is 3. The number of aromatic nitrogens is 4. The smallest absolute Gasteiger partial charge is 0.332 e. The zero-order chi connectivity index (χ0) is 19.6. The van der Waals surface area contributed by atoms with E-state index in [0.717, 1.165) is 27.9 Å². The van der Waals surface area contributed by atoms with Gasteiger partial charge in [-0.1, -0.05) is 29.8 Å². The number of hydrogen-bond acceptors (Lipinski definition) is 4. The van der Waals surface area contributed by atoms with Crippen LogP contribution in [0.3, 0.4) is 0 Å². The maximum absolute atomic E-state index is 12.8. The van der Waals surface area contributed by atoms with E-state index in [0.29, 0.717) is 37.3 Å². The van der Waals surface area contributed by atoms with Gasteiger partial charge in [-0.15, -0.1) is 0 Å². The van der Waals surface area contributed by atoms with E-state index in [4.69, 9.17) is 4.74 Å². The van der Waals surface area contributed by atoms with Crippen molar-refractivity contribution >= 4 is 11.2 Å². The molecule has 0 unspecified atom stereocenters. The topological polar surface area (TPSA) is 71.1 Å². The highest BCUT2D eigenvalue weighted by molar-refractivity contribution is 5.71. The second-order valence-electron chi connectivity index (χ2n) is 6.78. The summed E-state index contributed by atoms with van der Waals surface area (Å²) in [5.41, 5.74) is 2.47. The van der Waals surface area contributed by atoms with Gasteiger partial charge in [-0.2, -0.15) is 0 Å². The predicted molar refractivity (Wildman–Crippen MR) is 105 cm³/mol. The summed E-state index contributed by atoms with van der Waals surface area (Å²) in [7, 11) is 3.15. The van der Waals surface area contributed by atoms with E-state index in [1.807, 2.05) is 36.6 Å². The van der Waals surface area contributed by atoms with Crippen LogP contribution in [0, 0.1) is 6.92 Å². The lowest BCUT2D eigenvalue weighted by Crippen LogP contribution is -2.37. The van der Waals surface area contributed by atoms with Crippen LogP contribution in [0.25, 0.3) is 11.2 Å². The molecule has 1 aromatic carbocycles. The molecule has 3 rings (SSSR count). The van der Waals surface area contributed by atoms with Gasteiger partial charge in [-0.05, 0) is 25.8 Å². The minimum Gasteiger partial charge on any atom is -0.382 e. The fourth-order valence-corrected chi connectivity index (χ4v) is 3.32. The largest absolute Gasteiger partial charge is 0.382 e. The fourth-order valence-electron chi connectivity index (χ4n) is 3.32. The Kier molecular flexibility index (Phi) is 5.60. The van der Waals surface area contributed by atoms with Crippen LogP contribution in [0.1, 0.15) is 30.3 Å². The summed E-state index contributed by atoms with van der Waals surface area (Å²) in [6.45, 7) is 5.86. The molecule has 0 amide bonds. The molecule has 144 valence electrons. The Labute approximate surface area is 157 Å². The molecule has 0 atom stereocenters. The van der Waals surface area contributed by atoms with Crippen LogP contribution in [-0.2, 0) is 31.8 Å². The summed E-state index contributed by atoms with van der Waals surface area (Å²) < 4.78 is 9.95. The van der Waals surface area contributed by atoms with Gasteiger partial charge in [0, 0.05) is 40.3 Å². The van der Waals surface area contributed by atoms with Crippen LogP contribution in [0.2, 0.25) is 0 Å². The Morgan fingerprint density at radius 2 is 1.93 bits per heavy atom. The number of benzene rings is 1. The summed E-state index contributed by atoms with van der Waals surface area (Å²) in [4.78, 5) is 29.8. The van der Waals surface area contributed by atoms with Gasteiger partial charge in [0.05, 0.1) is 0 Å². The number of hydrogen-bond donors (Lipinski definition) is 0. The zero-order valence-electron chi connectivity index (χ0n) is 16.4. The van der Waals surface area contributed by atoms with Gasteiger partial charge in [-0.3, -0.25) is 13.9 Å². The zero-order valence-corrected chi connectivity index (χ0v) is 16.4. The molecule has 2 heterocycles. The summed E-state index contributed by atoms with van der Waals surface area (Å²) >= 11 is 0. The summed E-state index contributed by atoms with van der Waals surface area (Å²) in [6, 6.07) is 8.19. The number of fused-ring (bicyclic) bond motifs is 1. The first-order valence-corrected chi connectivity index (χ1v) is 9.22. The lowest BCUT2D eigenvalue weighted by Gasteiger charge is -2.10. The Balaban J connectivity index is 2.14. The van der Waals surface area contributed by atoms with Crippen LogP contribution in [-0.4, -0.2) is 31.9 Å². The maximum Gasteiger partial charge on any atom is 0.332 e. The number of imidazole rings is 1. The molecule has 0 radical (unpaired) electrons. The molecular weight excluding hydrogens is 344 g/mol. The monoisotopic (exact) mass is 370 g/mol. The molecular formula is C20H26N4O3. The van der Waals surface area contributed by atoms with E-state index in [1.165, 1.54) is 11.6 Å². The fraction of sp³-hybridized carbons (Fsp3) is 0.450. The van der Waals surface area contributed by atoms with E-state index in [2.05, 4.69) is 11.1 Å². The third-order valence-electron chi connectivity index (χ3n) is 4.74. The molecule has 0 bridgehead atoms. The van der Waals surface area contributed by atoms with Crippen molar-refractivity contribution in [2.75, 3.05) is 13.2 Å². The third kappa shape index (κ3) is 3.73. The van der Waals surface area contributed by atoms with Crippen molar-refractivity contribution in [2.45, 2.75) is 33.2 Å². The third-order valence-corrected chi connectivity index (χ3v) is 4.74. The summed E-state index contributed by atoms with van der Waals surface area (Å²) in [6.07, 6.45) is 1.48. The SMILES string of the molecule is CCOCCCc1nc2c(c(=O)n(C)c(=O)n2C)n1Cc1cccc(C)c1. The van der Waals surface area contributed by atoms with E-state index < -0.39 is 0 Å². The lowest BCUT2D eigenvalue weighted by atomic mass is 10.1. The van der Waals surface area contributed by atoms with Crippen molar-refractivity contribution in [3.63, 3.8) is 0 Å². The Morgan fingerprint density at radius 1 is 1.15 bits per heavy atom. The van der Waals surface area contributed by atoms with Crippen LogP contribution in [0.4, 0.5) is 0 Å². The molecule has 7 heteroatoms. The standard InChI is InChI=1S/C20H26N4O3/c1-5-27-11-7-10-16-21-18-17(19(25)23(4)20(26)22(18)3)24(16)13-15-9-6-8-14(2)12-15/h6,8-9,12H,5,7,10-11,13H2,1-4H3. The second kappa shape index (κ2) is 7.92. The van der Waals surface area contributed by atoms with Gasteiger partial charge in [0.25, 0.3) is 5.56 Å². The number of rotatable bonds is 7. The Morgan fingerprint density at radius 3 is 2.63 bits per heavy atom. The highest BCUT2D eigenvalue weighted by atomic mass is 16.5. The molecule has 0 saturated carbocycles. The first-order valence-electron chi connectivity index (χ1n) is 9.22. The molecule has 0 spiro atoms. The normalized spacial score (nSPS) is 11.4. The molecule has 2 aromatic heterocycles.